The average molecular weight is 337 g/mol. The molecule has 0 amide bonds. The van der Waals surface area contributed by atoms with E-state index >= 15 is 0 Å². The van der Waals surface area contributed by atoms with Crippen molar-refractivity contribution >= 4 is 23.0 Å². The molecule has 1 aromatic heterocycles. The number of aromatic amines is 1. The van der Waals surface area contributed by atoms with Gasteiger partial charge in [0, 0.05) is 11.5 Å². The first-order valence-electron chi connectivity index (χ1n) is 7.29. The van der Waals surface area contributed by atoms with Crippen LogP contribution in [0, 0.1) is 10.6 Å². The summed E-state index contributed by atoms with van der Waals surface area (Å²) in [5.74, 6) is -0.276. The molecule has 4 aromatic rings. The highest BCUT2D eigenvalue weighted by atomic mass is 32.1. The molecule has 0 bridgehead atoms. The fourth-order valence-corrected chi connectivity index (χ4v) is 3.03. The summed E-state index contributed by atoms with van der Waals surface area (Å²) in [7, 11) is 0. The lowest BCUT2D eigenvalue weighted by Crippen LogP contribution is -1.99. The number of phenols is 1. The summed E-state index contributed by atoms with van der Waals surface area (Å²) < 4.78 is 15.4. The van der Waals surface area contributed by atoms with E-state index in [-0.39, 0.29) is 5.75 Å². The molecule has 0 fully saturated rings. The topological polar surface area (TPSA) is 53.8 Å². The lowest BCUT2D eigenvalue weighted by Gasteiger charge is -2.11. The highest BCUT2D eigenvalue weighted by Crippen LogP contribution is 2.32. The van der Waals surface area contributed by atoms with Gasteiger partial charge in [0.25, 0.3) is 0 Å². The molecule has 118 valence electrons. The van der Waals surface area contributed by atoms with Crippen LogP contribution in [0.25, 0.3) is 27.8 Å². The number of nitrogens with zero attached hydrogens (tertiary/aromatic N) is 2. The Labute approximate surface area is 141 Å². The first-order valence-corrected chi connectivity index (χ1v) is 7.70. The molecule has 0 radical (unpaired) electrons. The molecule has 0 aliphatic carbocycles. The van der Waals surface area contributed by atoms with Gasteiger partial charge in [0.05, 0.1) is 11.3 Å². The van der Waals surface area contributed by atoms with Crippen molar-refractivity contribution in [3.05, 3.63) is 71.3 Å². The maximum absolute atomic E-state index is 13.3. The van der Waals surface area contributed by atoms with Crippen LogP contribution in [0.5, 0.6) is 5.75 Å². The van der Waals surface area contributed by atoms with Crippen molar-refractivity contribution in [3.8, 4) is 22.8 Å². The molecule has 6 heteroatoms. The number of halogens is 1. The molecule has 4 nitrogen and oxygen atoms in total. The molecule has 0 aliphatic heterocycles. The molecule has 24 heavy (non-hydrogen) atoms. The molecule has 4 rings (SSSR count). The minimum Gasteiger partial charge on any atom is -0.507 e. The van der Waals surface area contributed by atoms with Crippen molar-refractivity contribution in [3.63, 3.8) is 0 Å². The van der Waals surface area contributed by atoms with Crippen LogP contribution in [-0.4, -0.2) is 19.9 Å². The van der Waals surface area contributed by atoms with Gasteiger partial charge in [-0.05, 0) is 35.8 Å². The van der Waals surface area contributed by atoms with E-state index in [9.17, 15) is 9.50 Å². The SMILES string of the molecule is Oc1cc(F)ccc1-c1n[nH]c(=S)n1-c1cccc2ccccc12. The molecule has 0 spiro atoms. The third kappa shape index (κ3) is 2.28. The van der Waals surface area contributed by atoms with Crippen LogP contribution in [-0.2, 0) is 0 Å². The number of hydrogen-bond acceptors (Lipinski definition) is 3. The number of fused-ring (bicyclic) bond motifs is 1. The van der Waals surface area contributed by atoms with E-state index in [0.29, 0.717) is 16.2 Å². The van der Waals surface area contributed by atoms with E-state index in [2.05, 4.69) is 10.2 Å². The predicted molar refractivity (Wildman–Crippen MR) is 93.3 cm³/mol. The summed E-state index contributed by atoms with van der Waals surface area (Å²) in [6.45, 7) is 0. The first kappa shape index (κ1) is 14.6. The van der Waals surface area contributed by atoms with Crippen LogP contribution in [0.3, 0.4) is 0 Å². The zero-order valence-electron chi connectivity index (χ0n) is 12.4. The van der Waals surface area contributed by atoms with Crippen molar-refractivity contribution < 1.29 is 9.50 Å². The van der Waals surface area contributed by atoms with Gasteiger partial charge in [0.15, 0.2) is 10.6 Å². The van der Waals surface area contributed by atoms with Crippen molar-refractivity contribution in [2.24, 2.45) is 0 Å². The largest absolute Gasteiger partial charge is 0.507 e. The number of benzene rings is 3. The Morgan fingerprint density at radius 2 is 1.83 bits per heavy atom. The Hall–Kier alpha value is -2.99. The summed E-state index contributed by atoms with van der Waals surface area (Å²) in [6, 6.07) is 17.6. The monoisotopic (exact) mass is 337 g/mol. The van der Waals surface area contributed by atoms with E-state index in [1.54, 1.807) is 4.57 Å². The van der Waals surface area contributed by atoms with E-state index in [1.165, 1.54) is 12.1 Å². The normalized spacial score (nSPS) is 11.0. The van der Waals surface area contributed by atoms with Gasteiger partial charge >= 0.3 is 0 Å². The molecule has 2 N–H and O–H groups in total. The summed E-state index contributed by atoms with van der Waals surface area (Å²) >= 11 is 5.38. The van der Waals surface area contributed by atoms with Crippen LogP contribution in [0.4, 0.5) is 4.39 Å². The quantitative estimate of drug-likeness (QED) is 0.526. The van der Waals surface area contributed by atoms with Gasteiger partial charge in [-0.15, -0.1) is 0 Å². The summed E-state index contributed by atoms with van der Waals surface area (Å²) in [5, 5.41) is 19.1. The van der Waals surface area contributed by atoms with Gasteiger partial charge in [0.1, 0.15) is 11.6 Å². The summed E-state index contributed by atoms with van der Waals surface area (Å²) in [4.78, 5) is 0. The third-order valence-corrected chi connectivity index (χ3v) is 4.15. The lowest BCUT2D eigenvalue weighted by atomic mass is 10.1. The standard InChI is InChI=1S/C18H12FN3OS/c19-12-8-9-14(16(23)10-12)17-20-21-18(24)22(17)15-7-3-5-11-4-1-2-6-13(11)15/h1-10,23H,(H,21,24). The second-order valence-electron chi connectivity index (χ2n) is 5.35. The smallest absolute Gasteiger partial charge is 0.200 e. The highest BCUT2D eigenvalue weighted by Gasteiger charge is 2.16. The number of aromatic nitrogens is 3. The van der Waals surface area contributed by atoms with E-state index in [0.717, 1.165) is 22.5 Å². The molecule has 3 aromatic carbocycles. The van der Waals surface area contributed by atoms with Crippen LogP contribution in [0.15, 0.2) is 60.7 Å². The van der Waals surface area contributed by atoms with Gasteiger partial charge in [-0.2, -0.15) is 5.10 Å². The van der Waals surface area contributed by atoms with Gasteiger partial charge in [-0.3, -0.25) is 9.67 Å². The Bertz CT molecular complexity index is 1110. The first-order chi connectivity index (χ1) is 11.6. The molecule has 0 saturated heterocycles. The number of H-pyrrole nitrogens is 1. The number of phenolic OH excluding ortho intramolecular Hbond substituents is 1. The molecule has 0 saturated carbocycles. The Morgan fingerprint density at radius 1 is 1.04 bits per heavy atom. The van der Waals surface area contributed by atoms with Gasteiger partial charge in [-0.25, -0.2) is 4.39 Å². The molecule has 0 aliphatic rings. The zero-order chi connectivity index (χ0) is 16.7. The van der Waals surface area contributed by atoms with Crippen LogP contribution < -0.4 is 0 Å². The number of aromatic hydroxyl groups is 1. The van der Waals surface area contributed by atoms with Crippen molar-refractivity contribution in [1.29, 1.82) is 0 Å². The Balaban J connectivity index is 2.03. The number of hydrogen-bond donors (Lipinski definition) is 2. The van der Waals surface area contributed by atoms with Crippen LogP contribution in [0.2, 0.25) is 0 Å². The van der Waals surface area contributed by atoms with Gasteiger partial charge in [-0.1, -0.05) is 36.4 Å². The maximum atomic E-state index is 13.3. The summed E-state index contributed by atoms with van der Waals surface area (Å²) in [6.07, 6.45) is 0. The van der Waals surface area contributed by atoms with Crippen molar-refractivity contribution in [2.75, 3.05) is 0 Å². The van der Waals surface area contributed by atoms with Crippen LogP contribution in [0.1, 0.15) is 0 Å². The zero-order valence-corrected chi connectivity index (χ0v) is 13.2. The van der Waals surface area contributed by atoms with E-state index in [1.807, 2.05) is 42.5 Å². The average Bonchev–Trinajstić information content (AvgIpc) is 2.95. The second-order valence-corrected chi connectivity index (χ2v) is 5.73. The second kappa shape index (κ2) is 5.58. The molecule has 1 heterocycles. The Morgan fingerprint density at radius 3 is 2.67 bits per heavy atom. The fraction of sp³-hybridized carbons (Fsp3) is 0. The predicted octanol–water partition coefficient (Wildman–Crippen LogP) is 4.59. The van der Waals surface area contributed by atoms with E-state index < -0.39 is 5.82 Å². The van der Waals surface area contributed by atoms with E-state index in [4.69, 9.17) is 12.2 Å². The van der Waals surface area contributed by atoms with Crippen LogP contribution >= 0.6 is 12.2 Å². The lowest BCUT2D eigenvalue weighted by molar-refractivity contribution is 0.470. The molecule has 0 unspecified atom stereocenters. The van der Waals surface area contributed by atoms with Gasteiger partial charge in [0.2, 0.25) is 0 Å². The maximum Gasteiger partial charge on any atom is 0.200 e. The highest BCUT2D eigenvalue weighted by molar-refractivity contribution is 7.71. The molecule has 0 atom stereocenters. The summed E-state index contributed by atoms with van der Waals surface area (Å²) in [5.41, 5.74) is 1.24. The molecular weight excluding hydrogens is 325 g/mol. The minimum absolute atomic E-state index is 0.189. The minimum atomic E-state index is -0.512. The number of nitrogens with one attached hydrogen (secondary N) is 1. The number of rotatable bonds is 2. The molecular formula is C18H12FN3OS. The third-order valence-electron chi connectivity index (χ3n) is 3.88. The van der Waals surface area contributed by atoms with Crippen molar-refractivity contribution in [1.82, 2.24) is 14.8 Å². The van der Waals surface area contributed by atoms with Crippen molar-refractivity contribution in [2.45, 2.75) is 0 Å². The van der Waals surface area contributed by atoms with Gasteiger partial charge < -0.3 is 5.11 Å². The Kier molecular flexibility index (Phi) is 3.39. The fourth-order valence-electron chi connectivity index (χ4n) is 2.80.